The Morgan fingerprint density at radius 1 is 1.25 bits per heavy atom. The first-order valence-corrected chi connectivity index (χ1v) is 8.00. The van der Waals surface area contributed by atoms with Crippen LogP contribution in [0.5, 0.6) is 0 Å². The number of carbonyl (C=O) groups is 2. The summed E-state index contributed by atoms with van der Waals surface area (Å²) >= 11 is 1.25. The van der Waals surface area contributed by atoms with E-state index in [4.69, 9.17) is 4.42 Å². The molecule has 0 aliphatic heterocycles. The second-order valence-corrected chi connectivity index (χ2v) is 5.88. The molecule has 3 rings (SSSR count). The van der Waals surface area contributed by atoms with Gasteiger partial charge in [0.2, 0.25) is 5.91 Å². The van der Waals surface area contributed by atoms with Crippen molar-refractivity contribution >= 4 is 34.1 Å². The smallest absolute Gasteiger partial charge is 0.293 e. The Morgan fingerprint density at radius 3 is 2.83 bits per heavy atom. The summed E-state index contributed by atoms with van der Waals surface area (Å²) < 4.78 is 5.01. The van der Waals surface area contributed by atoms with Gasteiger partial charge in [-0.25, -0.2) is 9.97 Å². The lowest BCUT2D eigenvalue weighted by Crippen LogP contribution is -2.15. The molecule has 0 saturated carbocycles. The fraction of sp³-hybridized carbons (Fsp3) is 0.125. The van der Waals surface area contributed by atoms with Crippen LogP contribution in [0, 0.1) is 6.92 Å². The SMILES string of the molecule is Cc1ccc(NC(=O)Cc2csc(NC(=O)c3ccco3)n2)nc1. The summed E-state index contributed by atoms with van der Waals surface area (Å²) in [6.45, 7) is 1.92. The molecular formula is C16H14N4O3S. The number of anilines is 2. The number of nitrogens with one attached hydrogen (secondary N) is 2. The van der Waals surface area contributed by atoms with E-state index >= 15 is 0 Å². The zero-order chi connectivity index (χ0) is 16.9. The van der Waals surface area contributed by atoms with Crippen LogP contribution in [0.2, 0.25) is 0 Å². The number of aromatic nitrogens is 2. The van der Waals surface area contributed by atoms with Crippen LogP contribution in [0.25, 0.3) is 0 Å². The second-order valence-electron chi connectivity index (χ2n) is 5.02. The highest BCUT2D eigenvalue weighted by molar-refractivity contribution is 7.14. The average molecular weight is 342 g/mol. The van der Waals surface area contributed by atoms with Crippen molar-refractivity contribution in [2.24, 2.45) is 0 Å². The topological polar surface area (TPSA) is 97.1 Å². The zero-order valence-electron chi connectivity index (χ0n) is 12.8. The number of hydrogen-bond acceptors (Lipinski definition) is 6. The van der Waals surface area contributed by atoms with Gasteiger partial charge in [0.25, 0.3) is 5.91 Å². The molecule has 0 atom stereocenters. The highest BCUT2D eigenvalue weighted by atomic mass is 32.1. The Hall–Kier alpha value is -3.00. The van der Waals surface area contributed by atoms with Gasteiger partial charge in [0.1, 0.15) is 5.82 Å². The number of rotatable bonds is 5. The van der Waals surface area contributed by atoms with Gasteiger partial charge in [0, 0.05) is 11.6 Å². The van der Waals surface area contributed by atoms with E-state index in [9.17, 15) is 9.59 Å². The molecule has 0 bridgehead atoms. The van der Waals surface area contributed by atoms with Crippen molar-refractivity contribution in [2.75, 3.05) is 10.6 Å². The second kappa shape index (κ2) is 7.05. The number of hydrogen-bond donors (Lipinski definition) is 2. The highest BCUT2D eigenvalue weighted by Crippen LogP contribution is 2.17. The van der Waals surface area contributed by atoms with Gasteiger partial charge < -0.3 is 9.73 Å². The summed E-state index contributed by atoms with van der Waals surface area (Å²) in [7, 11) is 0. The molecule has 0 saturated heterocycles. The fourth-order valence-corrected chi connectivity index (χ4v) is 2.61. The lowest BCUT2D eigenvalue weighted by molar-refractivity contribution is -0.115. The third-order valence-corrected chi connectivity index (χ3v) is 3.84. The van der Waals surface area contributed by atoms with Gasteiger partial charge >= 0.3 is 0 Å². The quantitative estimate of drug-likeness (QED) is 0.743. The van der Waals surface area contributed by atoms with Crippen LogP contribution >= 0.6 is 11.3 Å². The van der Waals surface area contributed by atoms with Gasteiger partial charge in [-0.2, -0.15) is 0 Å². The van der Waals surface area contributed by atoms with Crippen molar-refractivity contribution in [3.63, 3.8) is 0 Å². The van der Waals surface area contributed by atoms with Crippen molar-refractivity contribution in [3.8, 4) is 0 Å². The van der Waals surface area contributed by atoms with E-state index in [1.54, 1.807) is 29.8 Å². The van der Waals surface area contributed by atoms with Crippen molar-refractivity contribution in [1.29, 1.82) is 0 Å². The van der Waals surface area contributed by atoms with Crippen LogP contribution in [0.1, 0.15) is 21.8 Å². The van der Waals surface area contributed by atoms with Gasteiger partial charge in [-0.15, -0.1) is 11.3 Å². The Balaban J connectivity index is 1.56. The van der Waals surface area contributed by atoms with Crippen LogP contribution in [0.3, 0.4) is 0 Å². The Morgan fingerprint density at radius 2 is 2.12 bits per heavy atom. The molecule has 0 aliphatic rings. The van der Waals surface area contributed by atoms with E-state index in [1.165, 1.54) is 17.6 Å². The van der Waals surface area contributed by atoms with Gasteiger partial charge in [-0.1, -0.05) is 6.07 Å². The van der Waals surface area contributed by atoms with Crippen LogP contribution in [-0.2, 0) is 11.2 Å². The van der Waals surface area contributed by atoms with Crippen molar-refractivity contribution in [2.45, 2.75) is 13.3 Å². The molecule has 0 aromatic carbocycles. The molecule has 0 fully saturated rings. The highest BCUT2D eigenvalue weighted by Gasteiger charge is 2.13. The molecule has 3 heterocycles. The molecular weight excluding hydrogens is 328 g/mol. The molecule has 0 aliphatic carbocycles. The minimum absolute atomic E-state index is 0.0999. The number of furan rings is 1. The van der Waals surface area contributed by atoms with Gasteiger partial charge in [0.05, 0.1) is 18.4 Å². The zero-order valence-corrected chi connectivity index (χ0v) is 13.6. The third kappa shape index (κ3) is 4.05. The molecule has 3 aromatic rings. The number of nitrogens with zero attached hydrogens (tertiary/aromatic N) is 2. The predicted molar refractivity (Wildman–Crippen MR) is 90.1 cm³/mol. The van der Waals surface area contributed by atoms with E-state index in [0.29, 0.717) is 16.6 Å². The maximum absolute atomic E-state index is 12.0. The summed E-state index contributed by atoms with van der Waals surface area (Å²) in [6.07, 6.45) is 3.20. The van der Waals surface area contributed by atoms with Crippen molar-refractivity contribution < 1.29 is 14.0 Å². The lowest BCUT2D eigenvalue weighted by Gasteiger charge is -2.03. The summed E-state index contributed by atoms with van der Waals surface area (Å²) in [5.41, 5.74) is 1.59. The summed E-state index contributed by atoms with van der Waals surface area (Å²) in [5, 5.41) is 7.46. The summed E-state index contributed by atoms with van der Waals surface area (Å²) in [5.74, 6) is 0.0943. The van der Waals surface area contributed by atoms with Gasteiger partial charge in [0.15, 0.2) is 10.9 Å². The fourth-order valence-electron chi connectivity index (χ4n) is 1.91. The predicted octanol–water partition coefficient (Wildman–Crippen LogP) is 2.87. The van der Waals surface area contributed by atoms with E-state index in [2.05, 4.69) is 20.6 Å². The van der Waals surface area contributed by atoms with E-state index in [-0.39, 0.29) is 24.0 Å². The number of aryl methyl sites for hydroxylation is 1. The monoisotopic (exact) mass is 342 g/mol. The van der Waals surface area contributed by atoms with Crippen LogP contribution in [0.15, 0.2) is 46.5 Å². The molecule has 122 valence electrons. The maximum Gasteiger partial charge on any atom is 0.293 e. The van der Waals surface area contributed by atoms with Crippen LogP contribution < -0.4 is 10.6 Å². The average Bonchev–Trinajstić information content (AvgIpc) is 3.21. The molecule has 0 radical (unpaired) electrons. The van der Waals surface area contributed by atoms with E-state index in [0.717, 1.165) is 5.56 Å². The molecule has 2 amide bonds. The molecule has 3 aromatic heterocycles. The number of pyridine rings is 1. The first-order chi connectivity index (χ1) is 11.6. The first kappa shape index (κ1) is 15.9. The number of carbonyl (C=O) groups excluding carboxylic acids is 2. The Labute approximate surface area is 141 Å². The summed E-state index contributed by atoms with van der Waals surface area (Å²) in [4.78, 5) is 32.2. The number of thiazole rings is 1. The van der Waals surface area contributed by atoms with Crippen LogP contribution in [0.4, 0.5) is 10.9 Å². The Bertz CT molecular complexity index is 841. The molecule has 0 unspecified atom stereocenters. The first-order valence-electron chi connectivity index (χ1n) is 7.12. The van der Waals surface area contributed by atoms with E-state index < -0.39 is 0 Å². The van der Waals surface area contributed by atoms with E-state index in [1.807, 2.05) is 13.0 Å². The molecule has 7 nitrogen and oxygen atoms in total. The van der Waals surface area contributed by atoms with Gasteiger partial charge in [-0.05, 0) is 30.7 Å². The van der Waals surface area contributed by atoms with Crippen LogP contribution in [-0.4, -0.2) is 21.8 Å². The van der Waals surface area contributed by atoms with Gasteiger partial charge in [-0.3, -0.25) is 14.9 Å². The van der Waals surface area contributed by atoms with Crippen molar-refractivity contribution in [1.82, 2.24) is 9.97 Å². The number of amides is 2. The largest absolute Gasteiger partial charge is 0.459 e. The molecule has 0 spiro atoms. The maximum atomic E-state index is 12.0. The minimum atomic E-state index is -0.380. The lowest BCUT2D eigenvalue weighted by atomic mass is 10.3. The molecule has 2 N–H and O–H groups in total. The third-order valence-electron chi connectivity index (χ3n) is 3.04. The normalized spacial score (nSPS) is 10.4. The molecule has 24 heavy (non-hydrogen) atoms. The standard InChI is InChI=1S/C16H14N4O3S/c1-10-4-5-13(17-8-10)19-14(21)7-11-9-24-16(18-11)20-15(22)12-3-2-6-23-12/h2-6,8-9H,7H2,1H3,(H,17,19,21)(H,18,20,22). The van der Waals surface area contributed by atoms with Crippen molar-refractivity contribution in [3.05, 3.63) is 59.1 Å². The minimum Gasteiger partial charge on any atom is -0.459 e. The molecule has 8 heteroatoms. The Kier molecular flexibility index (Phi) is 4.66. The summed E-state index contributed by atoms with van der Waals surface area (Å²) in [6, 6.07) is 6.80.